The Balaban J connectivity index is 1.89. The van der Waals surface area contributed by atoms with Crippen molar-refractivity contribution in [2.24, 2.45) is 0 Å². The molecule has 0 saturated heterocycles. The molecule has 1 atom stereocenters. The lowest BCUT2D eigenvalue weighted by Gasteiger charge is -2.22. The van der Waals surface area contributed by atoms with Crippen LogP contribution in [0.4, 0.5) is 5.69 Å². The fourth-order valence-electron chi connectivity index (χ4n) is 2.72. The summed E-state index contributed by atoms with van der Waals surface area (Å²) in [6.45, 7) is 4.23. The molecule has 6 heteroatoms. The maximum atomic E-state index is 12.2. The first-order chi connectivity index (χ1) is 12.3. The fraction of sp³-hybridized carbons (Fsp3) is 0.350. The van der Waals surface area contributed by atoms with Gasteiger partial charge in [-0.2, -0.15) is 0 Å². The fourth-order valence-corrected chi connectivity index (χ4v) is 3.68. The predicted molar refractivity (Wildman–Crippen MR) is 106 cm³/mol. The first-order valence-electron chi connectivity index (χ1n) is 8.66. The van der Waals surface area contributed by atoms with Gasteiger partial charge in [0.25, 0.3) is 0 Å². The van der Waals surface area contributed by atoms with Crippen LogP contribution < -0.4 is 9.62 Å². The van der Waals surface area contributed by atoms with Gasteiger partial charge < -0.3 is 5.32 Å². The van der Waals surface area contributed by atoms with E-state index in [0.29, 0.717) is 12.1 Å². The number of benzene rings is 2. The molecule has 1 N–H and O–H groups in total. The molecular weight excluding hydrogens is 348 g/mol. The standard InChI is InChI=1S/C20H26N2O3S/c1-16-11-13-18(14-12-16)17(2)21-20(23)10-7-15-22(26(3,24)25)19-8-5-4-6-9-19/h4-6,8-9,11-14,17H,7,10,15H2,1-3H3,(H,21,23). The largest absolute Gasteiger partial charge is 0.350 e. The van der Waals surface area contributed by atoms with E-state index in [0.717, 1.165) is 5.56 Å². The highest BCUT2D eigenvalue weighted by atomic mass is 32.2. The molecule has 1 unspecified atom stereocenters. The van der Waals surface area contributed by atoms with Gasteiger partial charge in [0.15, 0.2) is 0 Å². The van der Waals surface area contributed by atoms with E-state index in [9.17, 15) is 13.2 Å². The molecule has 0 aromatic heterocycles. The Labute approximate surface area is 156 Å². The number of aryl methyl sites for hydroxylation is 1. The number of para-hydroxylation sites is 1. The van der Waals surface area contributed by atoms with Crippen LogP contribution in [0.15, 0.2) is 54.6 Å². The van der Waals surface area contributed by atoms with E-state index in [1.165, 1.54) is 16.1 Å². The number of carbonyl (C=O) groups excluding carboxylic acids is 1. The van der Waals surface area contributed by atoms with Gasteiger partial charge >= 0.3 is 0 Å². The summed E-state index contributed by atoms with van der Waals surface area (Å²) in [5.41, 5.74) is 2.84. The minimum Gasteiger partial charge on any atom is -0.350 e. The van der Waals surface area contributed by atoms with Crippen LogP contribution >= 0.6 is 0 Å². The smallest absolute Gasteiger partial charge is 0.232 e. The number of carbonyl (C=O) groups is 1. The summed E-state index contributed by atoms with van der Waals surface area (Å²) in [7, 11) is -3.38. The third kappa shape index (κ3) is 5.88. The van der Waals surface area contributed by atoms with Crippen LogP contribution in [-0.4, -0.2) is 27.1 Å². The summed E-state index contributed by atoms with van der Waals surface area (Å²) >= 11 is 0. The lowest BCUT2D eigenvalue weighted by Crippen LogP contribution is -2.32. The molecule has 2 aromatic rings. The normalized spacial score (nSPS) is 12.4. The maximum absolute atomic E-state index is 12.2. The molecule has 0 spiro atoms. The topological polar surface area (TPSA) is 66.5 Å². The van der Waals surface area contributed by atoms with Crippen molar-refractivity contribution in [2.45, 2.75) is 32.7 Å². The monoisotopic (exact) mass is 374 g/mol. The third-order valence-corrected chi connectivity index (χ3v) is 5.36. The van der Waals surface area contributed by atoms with E-state index in [4.69, 9.17) is 0 Å². The van der Waals surface area contributed by atoms with Crippen LogP contribution in [0.5, 0.6) is 0 Å². The van der Waals surface area contributed by atoms with Gasteiger partial charge in [0.2, 0.25) is 15.9 Å². The molecule has 0 heterocycles. The van der Waals surface area contributed by atoms with Gasteiger partial charge in [-0.1, -0.05) is 48.0 Å². The summed E-state index contributed by atoms with van der Waals surface area (Å²) in [6, 6.07) is 16.9. The second-order valence-corrected chi connectivity index (χ2v) is 8.38. The van der Waals surface area contributed by atoms with Crippen molar-refractivity contribution in [3.63, 3.8) is 0 Å². The average Bonchev–Trinajstić information content (AvgIpc) is 2.59. The van der Waals surface area contributed by atoms with Gasteiger partial charge in [0.05, 0.1) is 18.0 Å². The van der Waals surface area contributed by atoms with Crippen LogP contribution in [0.1, 0.15) is 36.9 Å². The highest BCUT2D eigenvalue weighted by molar-refractivity contribution is 7.92. The molecule has 1 amide bonds. The van der Waals surface area contributed by atoms with Crippen LogP contribution in [0.2, 0.25) is 0 Å². The van der Waals surface area contributed by atoms with Crippen LogP contribution in [0.3, 0.4) is 0 Å². The Morgan fingerprint density at radius 2 is 1.69 bits per heavy atom. The van der Waals surface area contributed by atoms with E-state index in [1.807, 2.05) is 44.2 Å². The third-order valence-electron chi connectivity index (χ3n) is 4.16. The number of hydrogen-bond acceptors (Lipinski definition) is 3. The average molecular weight is 375 g/mol. The quantitative estimate of drug-likeness (QED) is 0.770. The molecule has 0 saturated carbocycles. The van der Waals surface area contributed by atoms with Gasteiger partial charge in [0.1, 0.15) is 0 Å². The highest BCUT2D eigenvalue weighted by Gasteiger charge is 2.17. The molecule has 0 radical (unpaired) electrons. The Hall–Kier alpha value is -2.34. The van der Waals surface area contributed by atoms with Crippen LogP contribution in [0, 0.1) is 6.92 Å². The molecule has 26 heavy (non-hydrogen) atoms. The van der Waals surface area contributed by atoms with Crippen molar-refractivity contribution in [3.05, 3.63) is 65.7 Å². The zero-order valence-electron chi connectivity index (χ0n) is 15.5. The summed E-state index contributed by atoms with van der Waals surface area (Å²) in [5, 5.41) is 2.96. The number of anilines is 1. The molecule has 0 bridgehead atoms. The first kappa shape index (κ1) is 20.0. The molecule has 2 rings (SSSR count). The van der Waals surface area contributed by atoms with E-state index in [2.05, 4.69) is 5.32 Å². The SMILES string of the molecule is Cc1ccc(C(C)NC(=O)CCCN(c2ccccc2)S(C)(=O)=O)cc1. The van der Waals surface area contributed by atoms with E-state index < -0.39 is 10.0 Å². The molecule has 0 fully saturated rings. The minimum absolute atomic E-state index is 0.0803. The van der Waals surface area contributed by atoms with Gasteiger partial charge in [-0.15, -0.1) is 0 Å². The zero-order valence-corrected chi connectivity index (χ0v) is 16.3. The number of nitrogens with one attached hydrogen (secondary N) is 1. The van der Waals surface area contributed by atoms with Gasteiger partial charge in [-0.3, -0.25) is 9.10 Å². The summed E-state index contributed by atoms with van der Waals surface area (Å²) in [4.78, 5) is 12.2. The van der Waals surface area contributed by atoms with Crippen molar-refractivity contribution in [3.8, 4) is 0 Å². The van der Waals surface area contributed by atoms with Crippen molar-refractivity contribution in [1.29, 1.82) is 0 Å². The molecule has 140 valence electrons. The Morgan fingerprint density at radius 3 is 2.27 bits per heavy atom. The summed E-state index contributed by atoms with van der Waals surface area (Å²) in [6.07, 6.45) is 1.91. The second kappa shape index (κ2) is 8.85. The molecule has 5 nitrogen and oxygen atoms in total. The summed E-state index contributed by atoms with van der Waals surface area (Å²) in [5.74, 6) is -0.0837. The van der Waals surface area contributed by atoms with Crippen molar-refractivity contribution in [2.75, 3.05) is 17.1 Å². The Morgan fingerprint density at radius 1 is 1.08 bits per heavy atom. The van der Waals surface area contributed by atoms with E-state index in [-0.39, 0.29) is 24.9 Å². The lowest BCUT2D eigenvalue weighted by atomic mass is 10.1. The van der Waals surface area contributed by atoms with Crippen molar-refractivity contribution >= 4 is 21.6 Å². The lowest BCUT2D eigenvalue weighted by molar-refractivity contribution is -0.121. The minimum atomic E-state index is -3.38. The number of hydrogen-bond donors (Lipinski definition) is 1. The molecule has 2 aromatic carbocycles. The van der Waals surface area contributed by atoms with E-state index >= 15 is 0 Å². The number of rotatable bonds is 8. The van der Waals surface area contributed by atoms with Gasteiger partial charge in [0, 0.05) is 13.0 Å². The van der Waals surface area contributed by atoms with Crippen molar-refractivity contribution in [1.82, 2.24) is 5.32 Å². The van der Waals surface area contributed by atoms with E-state index in [1.54, 1.807) is 24.3 Å². The number of nitrogens with zero attached hydrogens (tertiary/aromatic N) is 1. The summed E-state index contributed by atoms with van der Waals surface area (Å²) < 4.78 is 25.4. The van der Waals surface area contributed by atoms with Crippen LogP contribution in [-0.2, 0) is 14.8 Å². The number of sulfonamides is 1. The second-order valence-electron chi connectivity index (χ2n) is 6.47. The highest BCUT2D eigenvalue weighted by Crippen LogP contribution is 2.18. The Bertz CT molecular complexity index is 818. The molecule has 0 aliphatic heterocycles. The first-order valence-corrected chi connectivity index (χ1v) is 10.5. The predicted octanol–water partition coefficient (Wildman–Crippen LogP) is 3.42. The molecular formula is C20H26N2O3S. The van der Waals surface area contributed by atoms with Crippen molar-refractivity contribution < 1.29 is 13.2 Å². The maximum Gasteiger partial charge on any atom is 0.232 e. The molecule has 0 aliphatic rings. The number of amides is 1. The Kier molecular flexibility index (Phi) is 6.80. The van der Waals surface area contributed by atoms with Crippen LogP contribution in [0.25, 0.3) is 0 Å². The zero-order chi connectivity index (χ0) is 19.2. The van der Waals surface area contributed by atoms with Gasteiger partial charge in [-0.25, -0.2) is 8.42 Å². The molecule has 0 aliphatic carbocycles. The van der Waals surface area contributed by atoms with Gasteiger partial charge in [-0.05, 0) is 38.0 Å².